The molecule has 0 bridgehead atoms. The second-order valence-corrected chi connectivity index (χ2v) is 8.06. The number of phenolic OH excluding ortho intramolecular Hbond substituents is 2. The number of ketones is 1. The van der Waals surface area contributed by atoms with Crippen LogP contribution in [-0.2, 0) is 12.8 Å². The molecule has 2 N–H and O–H groups in total. The molecule has 4 nitrogen and oxygen atoms in total. The Balaban J connectivity index is 1.93. The Hall–Kier alpha value is -3.01. The van der Waals surface area contributed by atoms with Gasteiger partial charge in [0.2, 0.25) is 0 Å². The van der Waals surface area contributed by atoms with Gasteiger partial charge in [0.25, 0.3) is 0 Å². The first kappa shape index (κ1) is 20.7. The lowest BCUT2D eigenvalue weighted by Crippen LogP contribution is -2.26. The van der Waals surface area contributed by atoms with Gasteiger partial charge in [-0.25, -0.2) is 0 Å². The van der Waals surface area contributed by atoms with Gasteiger partial charge < -0.3 is 14.9 Å². The van der Waals surface area contributed by atoms with Crippen LogP contribution >= 0.6 is 0 Å². The number of hydrogen-bond donors (Lipinski definition) is 2. The molecule has 152 valence electrons. The first-order valence-corrected chi connectivity index (χ1v) is 9.87. The highest BCUT2D eigenvalue weighted by molar-refractivity contribution is 6.04. The summed E-state index contributed by atoms with van der Waals surface area (Å²) in [4.78, 5) is 13.2. The predicted octanol–water partition coefficient (Wildman–Crippen LogP) is 5.47. The molecular weight excluding hydrogens is 364 g/mol. The largest absolute Gasteiger partial charge is 0.508 e. The zero-order valence-electron chi connectivity index (χ0n) is 17.5. The highest BCUT2D eigenvalue weighted by Crippen LogP contribution is 2.37. The minimum absolute atomic E-state index is 0.0245. The van der Waals surface area contributed by atoms with E-state index in [2.05, 4.69) is 0 Å². The average Bonchev–Trinajstić information content (AvgIpc) is 2.66. The fourth-order valence-corrected chi connectivity index (χ4v) is 3.39. The summed E-state index contributed by atoms with van der Waals surface area (Å²) in [5, 5.41) is 20.4. The summed E-state index contributed by atoms with van der Waals surface area (Å²) in [5.41, 5.74) is 5.14. The van der Waals surface area contributed by atoms with E-state index < -0.39 is 5.92 Å². The molecule has 2 aromatic carbocycles. The third kappa shape index (κ3) is 4.70. The summed E-state index contributed by atoms with van der Waals surface area (Å²) < 4.78 is 5.82. The van der Waals surface area contributed by atoms with Crippen molar-refractivity contribution >= 4 is 5.78 Å². The van der Waals surface area contributed by atoms with E-state index in [1.165, 1.54) is 11.6 Å². The van der Waals surface area contributed by atoms with E-state index in [1.807, 2.05) is 45.9 Å². The lowest BCUT2D eigenvalue weighted by atomic mass is 9.86. The molecule has 0 saturated heterocycles. The fourth-order valence-electron chi connectivity index (χ4n) is 3.39. The molecule has 0 fully saturated rings. The molecule has 2 aromatic rings. The van der Waals surface area contributed by atoms with E-state index in [4.69, 9.17) is 4.74 Å². The Bertz CT molecular complexity index is 990. The van der Waals surface area contributed by atoms with E-state index in [0.29, 0.717) is 29.7 Å². The van der Waals surface area contributed by atoms with Crippen LogP contribution in [0.25, 0.3) is 0 Å². The number of fused-ring (bicyclic) bond motifs is 1. The molecule has 0 saturated carbocycles. The van der Waals surface area contributed by atoms with Gasteiger partial charge in [-0.2, -0.15) is 0 Å². The van der Waals surface area contributed by atoms with Crippen LogP contribution in [0.15, 0.2) is 53.6 Å². The van der Waals surface area contributed by atoms with E-state index >= 15 is 0 Å². The van der Waals surface area contributed by atoms with Gasteiger partial charge in [-0.05, 0) is 69.4 Å². The van der Waals surface area contributed by atoms with Crippen molar-refractivity contribution in [2.45, 2.75) is 46.5 Å². The minimum atomic E-state index is -0.436. The molecule has 4 heteroatoms. The highest BCUT2D eigenvalue weighted by atomic mass is 16.5. The Kier molecular flexibility index (Phi) is 6.12. The van der Waals surface area contributed by atoms with Crippen molar-refractivity contribution in [3.63, 3.8) is 0 Å². The van der Waals surface area contributed by atoms with Gasteiger partial charge in [-0.1, -0.05) is 35.4 Å². The van der Waals surface area contributed by atoms with Crippen molar-refractivity contribution in [1.29, 1.82) is 0 Å². The van der Waals surface area contributed by atoms with Crippen molar-refractivity contribution in [3.8, 4) is 17.2 Å². The third-order valence-corrected chi connectivity index (χ3v) is 5.13. The monoisotopic (exact) mass is 392 g/mol. The second kappa shape index (κ2) is 8.56. The Labute approximate surface area is 172 Å². The predicted molar refractivity (Wildman–Crippen MR) is 115 cm³/mol. The maximum Gasteiger partial charge on any atom is 0.177 e. The number of carbonyl (C=O) groups excluding carboxylic acids is 1. The summed E-state index contributed by atoms with van der Waals surface area (Å²) in [6, 6.07) is 8.58. The molecule has 0 spiro atoms. The molecule has 0 unspecified atom stereocenters. The number of aromatic hydroxyl groups is 2. The van der Waals surface area contributed by atoms with Crippen LogP contribution in [0, 0.1) is 0 Å². The molecule has 0 radical (unpaired) electrons. The topological polar surface area (TPSA) is 66.8 Å². The molecule has 3 rings (SSSR count). The molecule has 0 aliphatic carbocycles. The summed E-state index contributed by atoms with van der Waals surface area (Å²) in [7, 11) is 0. The zero-order valence-corrected chi connectivity index (χ0v) is 17.5. The number of hydrogen-bond acceptors (Lipinski definition) is 4. The van der Waals surface area contributed by atoms with Crippen LogP contribution in [0.3, 0.4) is 0 Å². The van der Waals surface area contributed by atoms with E-state index in [1.54, 1.807) is 18.2 Å². The van der Waals surface area contributed by atoms with Crippen molar-refractivity contribution in [3.05, 3.63) is 75.9 Å². The van der Waals surface area contributed by atoms with Crippen LogP contribution in [0.5, 0.6) is 17.2 Å². The van der Waals surface area contributed by atoms with Gasteiger partial charge in [0, 0.05) is 6.07 Å². The number of benzene rings is 2. The van der Waals surface area contributed by atoms with E-state index in [9.17, 15) is 15.0 Å². The van der Waals surface area contributed by atoms with Crippen LogP contribution in [-0.4, -0.2) is 22.6 Å². The van der Waals surface area contributed by atoms with E-state index in [0.717, 1.165) is 16.7 Å². The molecule has 0 aromatic heterocycles. The molecule has 1 heterocycles. The second-order valence-electron chi connectivity index (χ2n) is 8.06. The van der Waals surface area contributed by atoms with E-state index in [-0.39, 0.29) is 23.9 Å². The maximum absolute atomic E-state index is 13.2. The van der Waals surface area contributed by atoms with Gasteiger partial charge in [0.15, 0.2) is 5.78 Å². The summed E-state index contributed by atoms with van der Waals surface area (Å²) in [6.07, 6.45) is 5.24. The van der Waals surface area contributed by atoms with Crippen LogP contribution < -0.4 is 4.74 Å². The SMILES string of the molecule is CC(C)=CCc1cc([C@@H]2COc3cc(O)c(CC=C(C)C)cc3C2=O)ccc1O. The normalized spacial score (nSPS) is 15.3. The van der Waals surface area contributed by atoms with Gasteiger partial charge in [0.1, 0.15) is 23.9 Å². The number of carbonyl (C=O) groups is 1. The summed E-state index contributed by atoms with van der Waals surface area (Å²) >= 11 is 0. The van der Waals surface area contributed by atoms with Crippen LogP contribution in [0.2, 0.25) is 0 Å². The standard InChI is InChI=1S/C25H28O4/c1-15(2)5-7-18-11-17(9-10-22(18)26)21-14-29-24-13-23(27)19(8-6-16(3)4)12-20(24)25(21)28/h5-6,9-13,21,26-27H,7-8,14H2,1-4H3/t21-/m0/s1. The molecular formula is C25H28O4. The van der Waals surface area contributed by atoms with Gasteiger partial charge >= 0.3 is 0 Å². The number of ether oxygens (including phenoxy) is 1. The quantitative estimate of drug-likeness (QED) is 0.662. The zero-order chi connectivity index (χ0) is 21.1. The van der Waals surface area contributed by atoms with Crippen molar-refractivity contribution < 1.29 is 19.7 Å². The first-order valence-electron chi connectivity index (χ1n) is 9.87. The number of phenols is 2. The Morgan fingerprint density at radius 3 is 2.21 bits per heavy atom. The minimum Gasteiger partial charge on any atom is -0.508 e. The van der Waals surface area contributed by atoms with Gasteiger partial charge in [-0.3, -0.25) is 4.79 Å². The van der Waals surface area contributed by atoms with Crippen molar-refractivity contribution in [2.75, 3.05) is 6.61 Å². The van der Waals surface area contributed by atoms with Crippen molar-refractivity contribution in [1.82, 2.24) is 0 Å². The first-order chi connectivity index (χ1) is 13.8. The highest BCUT2D eigenvalue weighted by Gasteiger charge is 2.31. The van der Waals surface area contributed by atoms with Gasteiger partial charge in [0.05, 0.1) is 11.5 Å². The van der Waals surface area contributed by atoms with Gasteiger partial charge in [-0.15, -0.1) is 0 Å². The summed E-state index contributed by atoms with van der Waals surface area (Å²) in [6.45, 7) is 8.23. The molecule has 0 amide bonds. The number of Topliss-reactive ketones (excluding diaryl/α,β-unsaturated/α-hetero) is 1. The Morgan fingerprint density at radius 1 is 0.966 bits per heavy atom. The lowest BCUT2D eigenvalue weighted by Gasteiger charge is -2.25. The number of allylic oxidation sites excluding steroid dienone is 4. The molecule has 1 aliphatic heterocycles. The van der Waals surface area contributed by atoms with Crippen LogP contribution in [0.4, 0.5) is 0 Å². The van der Waals surface area contributed by atoms with Crippen molar-refractivity contribution in [2.24, 2.45) is 0 Å². The smallest absolute Gasteiger partial charge is 0.177 e. The summed E-state index contributed by atoms with van der Waals surface area (Å²) in [5.74, 6) is 0.331. The average molecular weight is 392 g/mol. The number of rotatable bonds is 5. The Morgan fingerprint density at radius 2 is 1.59 bits per heavy atom. The maximum atomic E-state index is 13.2. The third-order valence-electron chi connectivity index (χ3n) is 5.13. The lowest BCUT2D eigenvalue weighted by molar-refractivity contribution is 0.0896. The molecule has 29 heavy (non-hydrogen) atoms. The molecule has 1 atom stereocenters. The molecule has 1 aliphatic rings. The fraction of sp³-hybridized carbons (Fsp3) is 0.320. The van der Waals surface area contributed by atoms with Crippen LogP contribution in [0.1, 0.15) is 60.7 Å².